The number of unbranched alkanes of at least 4 members (excludes halogenated alkanes) is 9. The number of carboxylic acid groups (broad SMARTS) is 1. The molecule has 0 bridgehead atoms. The summed E-state index contributed by atoms with van der Waals surface area (Å²) in [4.78, 5) is 11.2. The zero-order chi connectivity index (χ0) is 15.9. The van der Waals surface area contributed by atoms with Crippen LogP contribution in [0.4, 0.5) is 0 Å². The van der Waals surface area contributed by atoms with E-state index in [-0.39, 0.29) is 0 Å². The summed E-state index contributed by atoms with van der Waals surface area (Å²) in [6.45, 7) is 4.90. The van der Waals surface area contributed by atoms with Crippen LogP contribution in [0.25, 0.3) is 0 Å². The van der Waals surface area contributed by atoms with Gasteiger partial charge >= 0.3 is 5.97 Å². The average molecular weight is 300 g/mol. The van der Waals surface area contributed by atoms with Crippen molar-refractivity contribution in [3.63, 3.8) is 0 Å². The molecule has 0 rings (SSSR count). The molecule has 21 heavy (non-hydrogen) atoms. The van der Waals surface area contributed by atoms with Gasteiger partial charge in [0.2, 0.25) is 0 Å². The van der Waals surface area contributed by atoms with Gasteiger partial charge in [0, 0.05) is 6.54 Å². The first-order valence-electron chi connectivity index (χ1n) is 8.87. The number of hydrogen-bond acceptors (Lipinski definition) is 3. The smallest absolute Gasteiger partial charge is 0.322 e. The summed E-state index contributed by atoms with van der Waals surface area (Å²) in [6.07, 6.45) is 14.2. The summed E-state index contributed by atoms with van der Waals surface area (Å²) in [5.74, 6) is 5.01. The minimum Gasteiger partial charge on any atom is -0.480 e. The van der Waals surface area contributed by atoms with E-state index >= 15 is 0 Å². The Balaban J connectivity index is 3.52. The molecular weight excluding hydrogens is 264 g/mol. The fourth-order valence-corrected chi connectivity index (χ4v) is 2.67. The van der Waals surface area contributed by atoms with Gasteiger partial charge in [-0.1, -0.05) is 78.1 Å². The van der Waals surface area contributed by atoms with Crippen molar-refractivity contribution >= 4 is 5.97 Å². The minimum atomic E-state index is -0.790. The van der Waals surface area contributed by atoms with E-state index in [1.165, 1.54) is 56.4 Å². The molecule has 0 aliphatic carbocycles. The third-order valence-electron chi connectivity index (χ3n) is 4.00. The van der Waals surface area contributed by atoms with E-state index in [9.17, 15) is 9.90 Å². The maximum Gasteiger partial charge on any atom is 0.322 e. The molecule has 1 atom stereocenters. The fraction of sp³-hybridized carbons (Fsp3) is 0.941. The van der Waals surface area contributed by atoms with Crippen LogP contribution in [0.3, 0.4) is 0 Å². The second-order valence-corrected chi connectivity index (χ2v) is 6.06. The quantitative estimate of drug-likeness (QED) is 0.268. The number of rotatable bonds is 15. The Kier molecular flexibility index (Phi) is 13.9. The van der Waals surface area contributed by atoms with Gasteiger partial charge in [0.15, 0.2) is 0 Å². The Labute approximate surface area is 131 Å². The number of nitrogens with zero attached hydrogens (tertiary/aromatic N) is 1. The van der Waals surface area contributed by atoms with Crippen LogP contribution >= 0.6 is 0 Å². The molecule has 0 amide bonds. The molecular formula is C17H36N2O2. The predicted octanol–water partition coefficient (Wildman–Crippen LogP) is 4.34. The van der Waals surface area contributed by atoms with Crippen molar-refractivity contribution in [2.75, 3.05) is 6.54 Å². The molecule has 0 aliphatic heterocycles. The Morgan fingerprint density at radius 1 is 0.905 bits per heavy atom. The first-order valence-corrected chi connectivity index (χ1v) is 8.87. The maximum atomic E-state index is 11.2. The largest absolute Gasteiger partial charge is 0.480 e. The molecule has 0 aliphatic rings. The van der Waals surface area contributed by atoms with Gasteiger partial charge in [-0.15, -0.1) is 0 Å². The summed E-state index contributed by atoms with van der Waals surface area (Å²) in [5.41, 5.74) is 0. The molecule has 4 heteroatoms. The van der Waals surface area contributed by atoms with Gasteiger partial charge in [-0.3, -0.25) is 10.6 Å². The Bertz CT molecular complexity index is 247. The highest BCUT2D eigenvalue weighted by atomic mass is 16.4. The van der Waals surface area contributed by atoms with Crippen molar-refractivity contribution in [2.24, 2.45) is 5.84 Å². The van der Waals surface area contributed by atoms with Crippen LogP contribution in [0.1, 0.15) is 90.9 Å². The molecule has 0 aromatic heterocycles. The van der Waals surface area contributed by atoms with E-state index in [0.717, 1.165) is 19.3 Å². The van der Waals surface area contributed by atoms with E-state index < -0.39 is 12.0 Å². The zero-order valence-electron chi connectivity index (χ0n) is 14.1. The normalized spacial score (nSPS) is 12.8. The molecule has 0 aromatic rings. The Morgan fingerprint density at radius 3 is 1.81 bits per heavy atom. The van der Waals surface area contributed by atoms with Crippen LogP contribution in [-0.2, 0) is 4.79 Å². The second kappa shape index (κ2) is 14.3. The van der Waals surface area contributed by atoms with Crippen molar-refractivity contribution < 1.29 is 9.90 Å². The molecule has 4 nitrogen and oxygen atoms in total. The highest BCUT2D eigenvalue weighted by Gasteiger charge is 2.21. The Morgan fingerprint density at radius 2 is 1.38 bits per heavy atom. The van der Waals surface area contributed by atoms with E-state index in [2.05, 4.69) is 6.92 Å². The summed E-state index contributed by atoms with van der Waals surface area (Å²) in [5, 5.41) is 10.7. The molecule has 1 unspecified atom stereocenters. The molecule has 0 saturated heterocycles. The van der Waals surface area contributed by atoms with Crippen LogP contribution in [0.15, 0.2) is 0 Å². The molecule has 126 valence electrons. The summed E-state index contributed by atoms with van der Waals surface area (Å²) in [7, 11) is 0. The average Bonchev–Trinajstić information content (AvgIpc) is 2.44. The highest BCUT2D eigenvalue weighted by Crippen LogP contribution is 2.13. The monoisotopic (exact) mass is 300 g/mol. The summed E-state index contributed by atoms with van der Waals surface area (Å²) in [6, 6.07) is -0.515. The number of nitrogens with two attached hydrogens (primary N) is 1. The number of carbonyl (C=O) groups is 1. The number of hydrazine groups is 1. The standard InChI is InChI=1S/C17H36N2O2/c1-3-5-6-7-8-9-10-11-12-13-14-16(17(20)21)19(18)15-4-2/h16H,3-15,18H2,1-2H3,(H,20,21). The van der Waals surface area contributed by atoms with Crippen molar-refractivity contribution in [3.05, 3.63) is 0 Å². The van der Waals surface area contributed by atoms with Crippen molar-refractivity contribution in [3.8, 4) is 0 Å². The van der Waals surface area contributed by atoms with E-state index in [0.29, 0.717) is 13.0 Å². The van der Waals surface area contributed by atoms with Crippen molar-refractivity contribution in [1.29, 1.82) is 0 Å². The van der Waals surface area contributed by atoms with Crippen LogP contribution in [0.2, 0.25) is 0 Å². The van der Waals surface area contributed by atoms with E-state index in [4.69, 9.17) is 5.84 Å². The third-order valence-corrected chi connectivity index (χ3v) is 4.00. The van der Waals surface area contributed by atoms with E-state index in [1.54, 1.807) is 0 Å². The lowest BCUT2D eigenvalue weighted by molar-refractivity contribution is -0.143. The first kappa shape index (κ1) is 20.4. The molecule has 0 fully saturated rings. The van der Waals surface area contributed by atoms with Gasteiger partial charge in [-0.25, -0.2) is 5.01 Å². The lowest BCUT2D eigenvalue weighted by Crippen LogP contribution is -2.46. The van der Waals surface area contributed by atoms with Crippen LogP contribution in [0.5, 0.6) is 0 Å². The van der Waals surface area contributed by atoms with Gasteiger partial charge in [0.1, 0.15) is 6.04 Å². The maximum absolute atomic E-state index is 11.2. The number of hydrogen-bond donors (Lipinski definition) is 2. The van der Waals surface area contributed by atoms with Crippen LogP contribution in [0, 0.1) is 0 Å². The molecule has 0 heterocycles. The van der Waals surface area contributed by atoms with Gasteiger partial charge < -0.3 is 5.11 Å². The van der Waals surface area contributed by atoms with Gasteiger partial charge in [-0.05, 0) is 12.8 Å². The lowest BCUT2D eigenvalue weighted by atomic mass is 10.0. The molecule has 3 N–H and O–H groups in total. The Hall–Kier alpha value is -0.610. The van der Waals surface area contributed by atoms with Crippen molar-refractivity contribution in [1.82, 2.24) is 5.01 Å². The van der Waals surface area contributed by atoms with Gasteiger partial charge in [0.05, 0.1) is 0 Å². The third kappa shape index (κ3) is 11.7. The molecule has 0 spiro atoms. The van der Waals surface area contributed by atoms with Gasteiger partial charge in [0.25, 0.3) is 0 Å². The van der Waals surface area contributed by atoms with E-state index in [1.807, 2.05) is 6.92 Å². The lowest BCUT2D eigenvalue weighted by Gasteiger charge is -2.23. The number of carboxylic acids is 1. The SMILES string of the molecule is CCCCCCCCCCCCC(C(=O)O)N(N)CCC. The molecule has 0 aromatic carbocycles. The zero-order valence-corrected chi connectivity index (χ0v) is 14.1. The van der Waals surface area contributed by atoms with Crippen LogP contribution in [-0.4, -0.2) is 28.7 Å². The number of aliphatic carboxylic acids is 1. The minimum absolute atomic E-state index is 0.515. The van der Waals surface area contributed by atoms with Crippen LogP contribution < -0.4 is 5.84 Å². The molecule has 0 radical (unpaired) electrons. The second-order valence-electron chi connectivity index (χ2n) is 6.06. The molecule has 0 saturated carbocycles. The van der Waals surface area contributed by atoms with Gasteiger partial charge in [-0.2, -0.15) is 0 Å². The first-order chi connectivity index (χ1) is 10.1. The van der Waals surface area contributed by atoms with Crippen molar-refractivity contribution in [2.45, 2.75) is 96.9 Å². The predicted molar refractivity (Wildman–Crippen MR) is 89.1 cm³/mol. The highest BCUT2D eigenvalue weighted by molar-refractivity contribution is 5.73. The summed E-state index contributed by atoms with van der Waals surface area (Å²) >= 11 is 0. The fourth-order valence-electron chi connectivity index (χ4n) is 2.67. The topological polar surface area (TPSA) is 66.6 Å². The summed E-state index contributed by atoms with van der Waals surface area (Å²) < 4.78 is 0.